The number of carbonyl (C=O) groups is 1. The van der Waals surface area contributed by atoms with Gasteiger partial charge >= 0.3 is 0 Å². The Balaban J connectivity index is 1.65. The highest BCUT2D eigenvalue weighted by Gasteiger charge is 2.16. The average Bonchev–Trinajstić information content (AvgIpc) is 3.30. The second-order valence-electron chi connectivity index (χ2n) is 6.74. The maximum atomic E-state index is 12.9. The first kappa shape index (κ1) is 18.3. The zero-order valence-corrected chi connectivity index (χ0v) is 17.2. The fourth-order valence-electron chi connectivity index (χ4n) is 2.77. The highest BCUT2D eigenvalue weighted by atomic mass is 79.9. The number of aryl methyl sites for hydroxylation is 1. The average molecular weight is 440 g/mol. The van der Waals surface area contributed by atoms with Crippen LogP contribution in [0.25, 0.3) is 16.9 Å². The molecule has 1 N–H and O–H groups in total. The van der Waals surface area contributed by atoms with E-state index in [0.29, 0.717) is 17.1 Å². The fourth-order valence-corrected chi connectivity index (χ4v) is 3.11. The number of amides is 1. The van der Waals surface area contributed by atoms with E-state index in [1.165, 1.54) is 0 Å². The van der Waals surface area contributed by atoms with Crippen LogP contribution < -0.4 is 5.32 Å². The molecule has 0 radical (unpaired) electrons. The van der Waals surface area contributed by atoms with Crippen LogP contribution in [0.1, 0.15) is 35.8 Å². The van der Waals surface area contributed by atoms with Gasteiger partial charge < -0.3 is 5.32 Å². The van der Waals surface area contributed by atoms with Crippen molar-refractivity contribution in [3.63, 3.8) is 0 Å². The van der Waals surface area contributed by atoms with Crippen molar-refractivity contribution >= 4 is 33.0 Å². The maximum Gasteiger partial charge on any atom is 0.259 e. The molecular weight excluding hydrogens is 422 g/mol. The van der Waals surface area contributed by atoms with E-state index in [4.69, 9.17) is 0 Å². The van der Waals surface area contributed by atoms with Crippen LogP contribution in [0.3, 0.4) is 0 Å². The summed E-state index contributed by atoms with van der Waals surface area (Å²) in [6, 6.07) is 9.55. The van der Waals surface area contributed by atoms with Gasteiger partial charge in [-0.25, -0.2) is 4.52 Å². The molecule has 0 bridgehead atoms. The molecule has 0 aliphatic rings. The van der Waals surface area contributed by atoms with Gasteiger partial charge in [0.25, 0.3) is 5.91 Å². The van der Waals surface area contributed by atoms with E-state index in [2.05, 4.69) is 41.8 Å². The topological polar surface area (TPSA) is 90.0 Å². The number of anilines is 1. The number of aromatic nitrogens is 6. The number of carbonyl (C=O) groups excluding carboxylic acids is 1. The van der Waals surface area contributed by atoms with Crippen molar-refractivity contribution in [2.75, 3.05) is 5.32 Å². The first-order valence-electron chi connectivity index (χ1n) is 8.77. The van der Waals surface area contributed by atoms with Gasteiger partial charge in [0.1, 0.15) is 0 Å². The third-order valence-electron chi connectivity index (χ3n) is 4.36. The summed E-state index contributed by atoms with van der Waals surface area (Å²) in [5.74, 6) is 0.288. The van der Waals surface area contributed by atoms with Gasteiger partial charge in [0.15, 0.2) is 0 Å². The summed E-state index contributed by atoms with van der Waals surface area (Å²) in [4.78, 5) is 14.4. The molecule has 0 fully saturated rings. The largest absolute Gasteiger partial charge is 0.322 e. The van der Waals surface area contributed by atoms with Gasteiger partial charge in [-0.3, -0.25) is 4.79 Å². The second kappa shape index (κ2) is 7.16. The van der Waals surface area contributed by atoms with Gasteiger partial charge in [0.05, 0.1) is 23.3 Å². The SMILES string of the molecule is Cc1ccc(-c2nnn(C(C)C)n2)cc1NC(=O)c1cnn2ccc(Br)cc12. The lowest BCUT2D eigenvalue weighted by atomic mass is 10.1. The van der Waals surface area contributed by atoms with E-state index >= 15 is 0 Å². The number of nitrogens with one attached hydrogen (secondary N) is 1. The van der Waals surface area contributed by atoms with Crippen molar-refractivity contribution in [2.24, 2.45) is 0 Å². The Bertz CT molecular complexity index is 1180. The van der Waals surface area contributed by atoms with E-state index in [1.54, 1.807) is 21.7 Å². The van der Waals surface area contributed by atoms with Crippen LogP contribution in [-0.4, -0.2) is 35.7 Å². The predicted molar refractivity (Wildman–Crippen MR) is 109 cm³/mol. The molecule has 0 aliphatic carbocycles. The number of tetrazole rings is 1. The summed E-state index contributed by atoms with van der Waals surface area (Å²) in [5.41, 5.74) is 3.64. The Morgan fingerprint density at radius 3 is 2.79 bits per heavy atom. The molecule has 4 rings (SSSR count). The minimum atomic E-state index is -0.229. The van der Waals surface area contributed by atoms with Crippen molar-refractivity contribution < 1.29 is 4.79 Å². The molecule has 0 unspecified atom stereocenters. The quantitative estimate of drug-likeness (QED) is 0.520. The fraction of sp³-hybridized carbons (Fsp3) is 0.211. The molecular formula is C19H18BrN7O. The second-order valence-corrected chi connectivity index (χ2v) is 7.66. The van der Waals surface area contributed by atoms with Gasteiger partial charge in [0, 0.05) is 21.9 Å². The number of nitrogens with zero attached hydrogens (tertiary/aromatic N) is 6. The summed E-state index contributed by atoms with van der Waals surface area (Å²) in [6.45, 7) is 5.91. The molecule has 3 heterocycles. The van der Waals surface area contributed by atoms with Crippen LogP contribution in [0.5, 0.6) is 0 Å². The van der Waals surface area contributed by atoms with Gasteiger partial charge in [-0.2, -0.15) is 9.90 Å². The summed E-state index contributed by atoms with van der Waals surface area (Å²) in [7, 11) is 0. The smallest absolute Gasteiger partial charge is 0.259 e. The van der Waals surface area contributed by atoms with Crippen LogP contribution in [0, 0.1) is 6.92 Å². The number of fused-ring (bicyclic) bond motifs is 1. The molecule has 0 saturated heterocycles. The Hall–Kier alpha value is -3.07. The zero-order valence-electron chi connectivity index (χ0n) is 15.6. The molecule has 1 amide bonds. The lowest BCUT2D eigenvalue weighted by Gasteiger charge is -2.09. The van der Waals surface area contributed by atoms with E-state index in [-0.39, 0.29) is 11.9 Å². The number of benzene rings is 1. The van der Waals surface area contributed by atoms with E-state index in [9.17, 15) is 4.79 Å². The lowest BCUT2D eigenvalue weighted by molar-refractivity contribution is 0.102. The Labute approximate surface area is 169 Å². The summed E-state index contributed by atoms with van der Waals surface area (Å²) in [6.07, 6.45) is 3.36. The first-order valence-corrected chi connectivity index (χ1v) is 9.56. The molecule has 0 saturated carbocycles. The van der Waals surface area contributed by atoms with Crippen LogP contribution in [0.15, 0.2) is 47.2 Å². The van der Waals surface area contributed by atoms with Gasteiger partial charge in [0.2, 0.25) is 5.82 Å². The molecule has 0 atom stereocenters. The van der Waals surface area contributed by atoms with Crippen LogP contribution >= 0.6 is 15.9 Å². The highest BCUT2D eigenvalue weighted by molar-refractivity contribution is 9.10. The van der Waals surface area contributed by atoms with E-state index in [0.717, 1.165) is 21.1 Å². The molecule has 142 valence electrons. The van der Waals surface area contributed by atoms with Crippen molar-refractivity contribution in [1.29, 1.82) is 0 Å². The van der Waals surface area contributed by atoms with Gasteiger partial charge in [-0.15, -0.1) is 10.2 Å². The lowest BCUT2D eigenvalue weighted by Crippen LogP contribution is -2.12. The molecule has 0 spiro atoms. The predicted octanol–water partition coefficient (Wildman–Crippen LogP) is 3.89. The third-order valence-corrected chi connectivity index (χ3v) is 4.86. The van der Waals surface area contributed by atoms with Crippen molar-refractivity contribution in [2.45, 2.75) is 26.8 Å². The number of halogens is 1. The minimum absolute atomic E-state index is 0.126. The van der Waals surface area contributed by atoms with E-state index in [1.807, 2.05) is 51.1 Å². The van der Waals surface area contributed by atoms with Gasteiger partial charge in [-0.05, 0) is 49.7 Å². The van der Waals surface area contributed by atoms with Crippen LogP contribution in [0.4, 0.5) is 5.69 Å². The normalized spacial score (nSPS) is 11.3. The zero-order chi connectivity index (χ0) is 19.8. The third kappa shape index (κ3) is 3.40. The first-order chi connectivity index (χ1) is 13.4. The minimum Gasteiger partial charge on any atom is -0.322 e. The summed E-state index contributed by atoms with van der Waals surface area (Å²) < 4.78 is 2.55. The number of rotatable bonds is 4. The molecule has 4 aromatic rings. The van der Waals surface area contributed by atoms with Gasteiger partial charge in [-0.1, -0.05) is 28.1 Å². The van der Waals surface area contributed by atoms with Crippen LogP contribution in [0.2, 0.25) is 0 Å². The standard InChI is InChI=1S/C19H18BrN7O/c1-11(2)27-24-18(23-25-27)13-5-4-12(3)16(8-13)22-19(28)15-10-21-26-7-6-14(20)9-17(15)26/h4-11H,1-3H3,(H,22,28). The Kier molecular flexibility index (Phi) is 4.68. The summed E-state index contributed by atoms with van der Waals surface area (Å²) >= 11 is 3.43. The van der Waals surface area contributed by atoms with Crippen molar-refractivity contribution in [1.82, 2.24) is 29.8 Å². The molecule has 1 aromatic carbocycles. The monoisotopic (exact) mass is 439 g/mol. The number of pyridine rings is 1. The molecule has 0 aliphatic heterocycles. The highest BCUT2D eigenvalue weighted by Crippen LogP contribution is 2.24. The Morgan fingerprint density at radius 1 is 1.21 bits per heavy atom. The van der Waals surface area contributed by atoms with E-state index < -0.39 is 0 Å². The van der Waals surface area contributed by atoms with Crippen LogP contribution in [-0.2, 0) is 0 Å². The molecule has 8 nitrogen and oxygen atoms in total. The Morgan fingerprint density at radius 2 is 2.04 bits per heavy atom. The van der Waals surface area contributed by atoms with Crippen molar-refractivity contribution in [3.8, 4) is 11.4 Å². The number of hydrogen-bond donors (Lipinski definition) is 1. The maximum absolute atomic E-state index is 12.9. The molecule has 9 heteroatoms. The molecule has 3 aromatic heterocycles. The molecule has 28 heavy (non-hydrogen) atoms. The van der Waals surface area contributed by atoms with Crippen molar-refractivity contribution in [3.05, 3.63) is 58.3 Å². The summed E-state index contributed by atoms with van der Waals surface area (Å²) in [5, 5.41) is 19.8. The number of hydrogen-bond acceptors (Lipinski definition) is 5.